The molecule has 23 heavy (non-hydrogen) atoms. The molecule has 0 spiro atoms. The Bertz CT molecular complexity index is 654. The van der Waals surface area contributed by atoms with Gasteiger partial charge in [0.1, 0.15) is 0 Å². The van der Waals surface area contributed by atoms with Crippen LogP contribution in [-0.2, 0) is 11.3 Å². The molecule has 0 aliphatic carbocycles. The van der Waals surface area contributed by atoms with E-state index in [0.717, 1.165) is 5.56 Å². The Morgan fingerprint density at radius 2 is 1.91 bits per heavy atom. The maximum absolute atomic E-state index is 12.6. The van der Waals surface area contributed by atoms with Crippen LogP contribution in [0.1, 0.15) is 29.0 Å². The number of nitrogens with zero attached hydrogens (tertiary/aromatic N) is 1. The van der Waals surface area contributed by atoms with Gasteiger partial charge in [-0.25, -0.2) is 0 Å². The summed E-state index contributed by atoms with van der Waals surface area (Å²) in [6.45, 7) is 0.796. The summed E-state index contributed by atoms with van der Waals surface area (Å²) in [7, 11) is 0. The van der Waals surface area contributed by atoms with E-state index in [9.17, 15) is 9.59 Å². The fourth-order valence-corrected chi connectivity index (χ4v) is 2.56. The number of hydrogen-bond donors (Lipinski definition) is 1. The zero-order chi connectivity index (χ0) is 16.7. The summed E-state index contributed by atoms with van der Waals surface area (Å²) in [4.78, 5) is 25.0. The van der Waals surface area contributed by atoms with E-state index in [1.165, 1.54) is 11.8 Å². The molecule has 0 bridgehead atoms. The van der Waals surface area contributed by atoms with Crippen molar-refractivity contribution in [2.24, 2.45) is 0 Å². The first kappa shape index (κ1) is 17.1. The van der Waals surface area contributed by atoms with Gasteiger partial charge in [-0.15, -0.1) is 0 Å². The van der Waals surface area contributed by atoms with E-state index in [1.54, 1.807) is 17.0 Å². The van der Waals surface area contributed by atoms with Crippen LogP contribution in [0.15, 0.2) is 52.0 Å². The number of carboxylic acids is 1. The largest absolute Gasteiger partial charge is 0.481 e. The first-order chi connectivity index (χ1) is 11.1. The minimum Gasteiger partial charge on any atom is -0.481 e. The van der Waals surface area contributed by atoms with Crippen LogP contribution in [0, 0.1) is 0 Å². The lowest BCUT2D eigenvalue weighted by Crippen LogP contribution is -2.31. The molecule has 122 valence electrons. The summed E-state index contributed by atoms with van der Waals surface area (Å²) < 4.78 is 5.50. The summed E-state index contributed by atoms with van der Waals surface area (Å²) in [5, 5.41) is 9.46. The number of benzene rings is 1. The van der Waals surface area contributed by atoms with Gasteiger partial charge in [0, 0.05) is 19.5 Å². The van der Waals surface area contributed by atoms with Crippen LogP contribution in [0.4, 0.5) is 0 Å². The van der Waals surface area contributed by atoms with Gasteiger partial charge in [-0.2, -0.15) is 0 Å². The molecule has 0 aliphatic rings. The molecule has 6 heteroatoms. The Kier molecular flexibility index (Phi) is 6.29. The van der Waals surface area contributed by atoms with E-state index in [-0.39, 0.29) is 18.1 Å². The highest BCUT2D eigenvalue weighted by Gasteiger charge is 2.19. The van der Waals surface area contributed by atoms with E-state index in [2.05, 4.69) is 0 Å². The van der Waals surface area contributed by atoms with Gasteiger partial charge in [0.15, 0.2) is 10.9 Å². The normalized spacial score (nSPS) is 10.5. The van der Waals surface area contributed by atoms with E-state index in [4.69, 9.17) is 9.52 Å². The molecule has 1 aromatic heterocycles. The zero-order valence-corrected chi connectivity index (χ0v) is 13.7. The third kappa shape index (κ3) is 5.17. The van der Waals surface area contributed by atoms with Crippen LogP contribution in [0.25, 0.3) is 0 Å². The van der Waals surface area contributed by atoms with Crippen LogP contribution in [0.2, 0.25) is 0 Å². The number of carboxylic acid groups (broad SMARTS) is 1. The van der Waals surface area contributed by atoms with Crippen molar-refractivity contribution in [2.45, 2.75) is 24.5 Å². The molecule has 0 aliphatic heterocycles. The number of aliphatic carboxylic acids is 1. The monoisotopic (exact) mass is 333 g/mol. The molecule has 0 saturated heterocycles. The minimum atomic E-state index is -0.861. The van der Waals surface area contributed by atoms with Gasteiger partial charge in [-0.05, 0) is 30.4 Å². The fourth-order valence-electron chi connectivity index (χ4n) is 2.18. The molecular weight excluding hydrogens is 314 g/mol. The summed E-state index contributed by atoms with van der Waals surface area (Å²) in [5.41, 5.74) is 0.993. The first-order valence-corrected chi connectivity index (χ1v) is 8.51. The molecule has 2 aromatic rings. The third-order valence-corrected chi connectivity index (χ3v) is 3.94. The molecule has 1 amide bonds. The lowest BCUT2D eigenvalue weighted by molar-refractivity contribution is -0.137. The van der Waals surface area contributed by atoms with Crippen molar-refractivity contribution in [3.8, 4) is 0 Å². The minimum absolute atomic E-state index is 0.0345. The summed E-state index contributed by atoms with van der Waals surface area (Å²) in [6.07, 6.45) is 2.32. The molecule has 2 rings (SSSR count). The van der Waals surface area contributed by atoms with E-state index in [0.29, 0.717) is 24.6 Å². The first-order valence-electron chi connectivity index (χ1n) is 7.29. The van der Waals surface area contributed by atoms with Gasteiger partial charge >= 0.3 is 5.97 Å². The van der Waals surface area contributed by atoms with Gasteiger partial charge in [0.25, 0.3) is 5.91 Å². The SMILES string of the molecule is CSc1ccc(C(=O)N(CCCC(=O)O)Cc2ccccc2)o1. The van der Waals surface area contributed by atoms with Crippen molar-refractivity contribution in [3.63, 3.8) is 0 Å². The maximum Gasteiger partial charge on any atom is 0.303 e. The van der Waals surface area contributed by atoms with Gasteiger partial charge in [-0.1, -0.05) is 42.1 Å². The van der Waals surface area contributed by atoms with Crippen molar-refractivity contribution in [3.05, 3.63) is 53.8 Å². The van der Waals surface area contributed by atoms with Crippen molar-refractivity contribution in [2.75, 3.05) is 12.8 Å². The molecule has 1 aromatic carbocycles. The lowest BCUT2D eigenvalue weighted by Gasteiger charge is -2.21. The Balaban J connectivity index is 2.10. The molecular formula is C17H19NO4S. The standard InChI is InChI=1S/C17H19NO4S/c1-23-16-10-9-14(22-16)17(21)18(11-5-8-15(19)20)12-13-6-3-2-4-7-13/h2-4,6-7,9-10H,5,8,11-12H2,1H3,(H,19,20). The van der Waals surface area contributed by atoms with Crippen molar-refractivity contribution >= 4 is 23.6 Å². The van der Waals surface area contributed by atoms with Crippen LogP contribution in [0.3, 0.4) is 0 Å². The molecule has 5 nitrogen and oxygen atoms in total. The number of carbonyl (C=O) groups is 2. The Morgan fingerprint density at radius 1 is 1.17 bits per heavy atom. The number of rotatable bonds is 8. The summed E-state index contributed by atoms with van der Waals surface area (Å²) >= 11 is 1.43. The average molecular weight is 333 g/mol. The van der Waals surface area contributed by atoms with Gasteiger partial charge in [0.2, 0.25) is 0 Å². The number of carbonyl (C=O) groups excluding carboxylic acids is 1. The quantitative estimate of drug-likeness (QED) is 0.749. The second-order valence-electron chi connectivity index (χ2n) is 5.03. The second-order valence-corrected chi connectivity index (χ2v) is 5.84. The molecule has 0 atom stereocenters. The highest BCUT2D eigenvalue weighted by molar-refractivity contribution is 7.98. The molecule has 1 heterocycles. The smallest absolute Gasteiger partial charge is 0.303 e. The maximum atomic E-state index is 12.6. The summed E-state index contributed by atoms with van der Waals surface area (Å²) in [5.74, 6) is -0.806. The van der Waals surface area contributed by atoms with Crippen LogP contribution < -0.4 is 0 Å². The molecule has 0 radical (unpaired) electrons. The predicted molar refractivity (Wildman–Crippen MR) is 88.5 cm³/mol. The lowest BCUT2D eigenvalue weighted by atomic mass is 10.2. The highest BCUT2D eigenvalue weighted by atomic mass is 32.2. The Labute approximate surface area is 139 Å². The van der Waals surface area contributed by atoms with E-state index in [1.807, 2.05) is 36.6 Å². The van der Waals surface area contributed by atoms with E-state index >= 15 is 0 Å². The molecule has 1 N–H and O–H groups in total. The zero-order valence-electron chi connectivity index (χ0n) is 12.9. The molecule has 0 fully saturated rings. The predicted octanol–water partition coefficient (Wildman–Crippen LogP) is 3.51. The number of amides is 1. The fraction of sp³-hybridized carbons (Fsp3) is 0.294. The second kappa shape index (κ2) is 8.43. The van der Waals surface area contributed by atoms with Crippen LogP contribution in [0.5, 0.6) is 0 Å². The van der Waals surface area contributed by atoms with Gasteiger partial charge < -0.3 is 14.4 Å². The number of hydrogen-bond acceptors (Lipinski definition) is 4. The topological polar surface area (TPSA) is 70.8 Å². The van der Waals surface area contributed by atoms with Crippen molar-refractivity contribution in [1.82, 2.24) is 4.90 Å². The number of furan rings is 1. The van der Waals surface area contributed by atoms with Crippen LogP contribution in [-0.4, -0.2) is 34.7 Å². The van der Waals surface area contributed by atoms with Crippen LogP contribution >= 0.6 is 11.8 Å². The van der Waals surface area contributed by atoms with E-state index < -0.39 is 5.97 Å². The van der Waals surface area contributed by atoms with Crippen molar-refractivity contribution in [1.29, 1.82) is 0 Å². The van der Waals surface area contributed by atoms with Gasteiger partial charge in [-0.3, -0.25) is 9.59 Å². The molecule has 0 unspecified atom stereocenters. The Morgan fingerprint density at radius 3 is 2.52 bits per heavy atom. The highest BCUT2D eigenvalue weighted by Crippen LogP contribution is 2.20. The number of thioether (sulfide) groups is 1. The Hall–Kier alpha value is -2.21. The third-order valence-electron chi connectivity index (χ3n) is 3.32. The van der Waals surface area contributed by atoms with Gasteiger partial charge in [0.05, 0.1) is 0 Å². The average Bonchev–Trinajstić information content (AvgIpc) is 3.03. The van der Waals surface area contributed by atoms with Crippen molar-refractivity contribution < 1.29 is 19.1 Å². The molecule has 0 saturated carbocycles. The summed E-state index contributed by atoms with van der Waals surface area (Å²) in [6, 6.07) is 13.0.